The van der Waals surface area contributed by atoms with Gasteiger partial charge in [0.25, 0.3) is 0 Å². The van der Waals surface area contributed by atoms with Crippen molar-refractivity contribution in [1.29, 1.82) is 0 Å². The molecule has 0 bridgehead atoms. The van der Waals surface area contributed by atoms with E-state index >= 15 is 0 Å². The maximum absolute atomic E-state index is 12.8. The number of hydrogen-bond acceptors (Lipinski definition) is 2. The molecule has 0 aliphatic rings. The van der Waals surface area contributed by atoms with E-state index in [-0.39, 0.29) is 11.4 Å². The molecule has 0 radical (unpaired) electrons. The molecule has 0 unspecified atom stereocenters. The van der Waals surface area contributed by atoms with Crippen molar-refractivity contribution < 1.29 is 14.0 Å². The fourth-order valence-electron chi connectivity index (χ4n) is 0.989. The molecule has 0 saturated heterocycles. The number of halogens is 1. The minimum Gasteiger partial charge on any atom is -0.291 e. The van der Waals surface area contributed by atoms with Crippen molar-refractivity contribution in [2.24, 2.45) is 0 Å². The molecule has 3 heteroatoms. The molecule has 0 amide bonds. The molecule has 0 fully saturated rings. The van der Waals surface area contributed by atoms with Gasteiger partial charge in [0.15, 0.2) is 5.78 Å². The molecule has 0 saturated carbocycles. The first-order valence-electron chi connectivity index (χ1n) is 3.84. The van der Waals surface area contributed by atoms with Crippen molar-refractivity contribution in [3.05, 3.63) is 35.1 Å². The van der Waals surface area contributed by atoms with Gasteiger partial charge >= 0.3 is 0 Å². The molecule has 1 rings (SSSR count). The molecule has 1 aromatic carbocycles. The molecule has 68 valence electrons. The van der Waals surface area contributed by atoms with Crippen molar-refractivity contribution in [2.45, 2.75) is 13.8 Å². The summed E-state index contributed by atoms with van der Waals surface area (Å²) >= 11 is 0. The van der Waals surface area contributed by atoms with Crippen molar-refractivity contribution in [3.8, 4) is 0 Å². The van der Waals surface area contributed by atoms with Crippen molar-refractivity contribution >= 4 is 11.6 Å². The Hall–Kier alpha value is -1.51. The predicted octanol–water partition coefficient (Wildman–Crippen LogP) is 1.91. The summed E-state index contributed by atoms with van der Waals surface area (Å²) in [7, 11) is 0. The molecule has 0 heterocycles. The second kappa shape index (κ2) is 3.47. The van der Waals surface area contributed by atoms with Gasteiger partial charge in [0.2, 0.25) is 5.78 Å². The zero-order chi connectivity index (χ0) is 10.0. The van der Waals surface area contributed by atoms with Crippen LogP contribution < -0.4 is 0 Å². The van der Waals surface area contributed by atoms with Gasteiger partial charge in [-0.25, -0.2) is 4.39 Å². The van der Waals surface area contributed by atoms with Gasteiger partial charge in [0.1, 0.15) is 5.82 Å². The number of carbonyl (C=O) groups excluding carboxylic acids is 2. The van der Waals surface area contributed by atoms with Crippen LogP contribution in [0, 0.1) is 12.7 Å². The summed E-state index contributed by atoms with van der Waals surface area (Å²) in [6.45, 7) is 2.74. The lowest BCUT2D eigenvalue weighted by atomic mass is 10.1. The molecule has 2 nitrogen and oxygen atoms in total. The van der Waals surface area contributed by atoms with Crippen LogP contribution in [-0.2, 0) is 4.79 Å². The summed E-state index contributed by atoms with van der Waals surface area (Å²) in [6.07, 6.45) is 0. The average molecular weight is 180 g/mol. The number of ketones is 2. The molecular weight excluding hydrogens is 171 g/mol. The summed E-state index contributed by atoms with van der Waals surface area (Å²) in [5.41, 5.74) is 0.610. The Morgan fingerprint density at radius 1 is 1.31 bits per heavy atom. The monoisotopic (exact) mass is 180 g/mol. The number of carbonyl (C=O) groups is 2. The van der Waals surface area contributed by atoms with Crippen LogP contribution in [0.25, 0.3) is 0 Å². The molecule has 13 heavy (non-hydrogen) atoms. The van der Waals surface area contributed by atoms with E-state index in [0.29, 0.717) is 5.56 Å². The Bertz CT molecular complexity index is 369. The standard InChI is InChI=1S/C10H9FO2/c1-6-5-8(3-4-9(6)11)10(13)7(2)12/h3-5H,1-2H3. The van der Waals surface area contributed by atoms with E-state index < -0.39 is 11.6 Å². The first-order valence-corrected chi connectivity index (χ1v) is 3.84. The Labute approximate surface area is 75.4 Å². The highest BCUT2D eigenvalue weighted by atomic mass is 19.1. The maximum Gasteiger partial charge on any atom is 0.228 e. The number of Topliss-reactive ketones (excluding diaryl/α,β-unsaturated/α-hetero) is 2. The van der Waals surface area contributed by atoms with E-state index in [0.717, 1.165) is 0 Å². The first-order chi connectivity index (χ1) is 6.02. The summed E-state index contributed by atoms with van der Waals surface area (Å²) in [5.74, 6) is -1.49. The van der Waals surface area contributed by atoms with Crippen LogP contribution in [-0.4, -0.2) is 11.6 Å². The summed E-state index contributed by atoms with van der Waals surface area (Å²) in [5, 5.41) is 0. The van der Waals surface area contributed by atoms with E-state index in [1.54, 1.807) is 6.92 Å². The Kier molecular flexibility index (Phi) is 2.56. The van der Waals surface area contributed by atoms with Crippen LogP contribution in [0.5, 0.6) is 0 Å². The highest BCUT2D eigenvalue weighted by Gasteiger charge is 2.11. The van der Waals surface area contributed by atoms with Gasteiger partial charge in [-0.05, 0) is 30.7 Å². The van der Waals surface area contributed by atoms with Gasteiger partial charge in [-0.3, -0.25) is 9.59 Å². The predicted molar refractivity (Wildman–Crippen MR) is 46.1 cm³/mol. The second-order valence-corrected chi connectivity index (χ2v) is 2.85. The van der Waals surface area contributed by atoms with E-state index in [9.17, 15) is 14.0 Å². The zero-order valence-corrected chi connectivity index (χ0v) is 7.43. The molecule has 0 atom stereocenters. The van der Waals surface area contributed by atoms with Crippen LogP contribution in [0.15, 0.2) is 18.2 Å². The molecule has 0 aromatic heterocycles. The van der Waals surface area contributed by atoms with Gasteiger partial charge < -0.3 is 0 Å². The Morgan fingerprint density at radius 2 is 1.92 bits per heavy atom. The normalized spacial score (nSPS) is 9.77. The van der Waals surface area contributed by atoms with Crippen LogP contribution in [0.4, 0.5) is 4.39 Å². The molecule has 0 aliphatic heterocycles. The average Bonchev–Trinajstić information content (AvgIpc) is 2.08. The van der Waals surface area contributed by atoms with Crippen molar-refractivity contribution in [1.82, 2.24) is 0 Å². The van der Waals surface area contributed by atoms with E-state index in [1.165, 1.54) is 25.1 Å². The number of rotatable bonds is 2. The Morgan fingerprint density at radius 3 is 2.38 bits per heavy atom. The van der Waals surface area contributed by atoms with Crippen LogP contribution in [0.1, 0.15) is 22.8 Å². The highest BCUT2D eigenvalue weighted by Crippen LogP contribution is 2.09. The SMILES string of the molecule is CC(=O)C(=O)c1ccc(F)c(C)c1. The summed E-state index contributed by atoms with van der Waals surface area (Å²) < 4.78 is 12.8. The van der Waals surface area contributed by atoms with Gasteiger partial charge in [-0.2, -0.15) is 0 Å². The van der Waals surface area contributed by atoms with Crippen molar-refractivity contribution in [3.63, 3.8) is 0 Å². The largest absolute Gasteiger partial charge is 0.291 e. The highest BCUT2D eigenvalue weighted by molar-refractivity contribution is 6.42. The molecule has 0 N–H and O–H groups in total. The number of aryl methyl sites for hydroxylation is 1. The Balaban J connectivity index is 3.11. The first kappa shape index (κ1) is 9.58. The van der Waals surface area contributed by atoms with E-state index in [1.807, 2.05) is 0 Å². The topological polar surface area (TPSA) is 34.1 Å². The third kappa shape index (κ3) is 1.99. The molecule has 0 spiro atoms. The summed E-state index contributed by atoms with van der Waals surface area (Å²) in [6, 6.07) is 3.87. The van der Waals surface area contributed by atoms with Crippen LogP contribution in [0.2, 0.25) is 0 Å². The van der Waals surface area contributed by atoms with E-state index in [2.05, 4.69) is 0 Å². The smallest absolute Gasteiger partial charge is 0.228 e. The van der Waals surface area contributed by atoms with Crippen molar-refractivity contribution in [2.75, 3.05) is 0 Å². The van der Waals surface area contributed by atoms with Crippen LogP contribution in [0.3, 0.4) is 0 Å². The van der Waals surface area contributed by atoms with Gasteiger partial charge in [0, 0.05) is 12.5 Å². The van der Waals surface area contributed by atoms with Gasteiger partial charge in [0.05, 0.1) is 0 Å². The number of hydrogen-bond donors (Lipinski definition) is 0. The molecule has 1 aromatic rings. The molecule has 0 aliphatic carbocycles. The lowest BCUT2D eigenvalue weighted by molar-refractivity contribution is -0.113. The number of benzene rings is 1. The fraction of sp³-hybridized carbons (Fsp3) is 0.200. The lowest BCUT2D eigenvalue weighted by Crippen LogP contribution is -2.09. The van der Waals surface area contributed by atoms with Gasteiger partial charge in [-0.1, -0.05) is 0 Å². The second-order valence-electron chi connectivity index (χ2n) is 2.85. The third-order valence-electron chi connectivity index (χ3n) is 1.74. The van der Waals surface area contributed by atoms with E-state index in [4.69, 9.17) is 0 Å². The molecular formula is C10H9FO2. The summed E-state index contributed by atoms with van der Waals surface area (Å²) in [4.78, 5) is 21.8. The quantitative estimate of drug-likeness (QED) is 0.514. The van der Waals surface area contributed by atoms with Gasteiger partial charge in [-0.15, -0.1) is 0 Å². The zero-order valence-electron chi connectivity index (χ0n) is 7.43. The minimum absolute atomic E-state index is 0.242. The van der Waals surface area contributed by atoms with Crippen LogP contribution >= 0.6 is 0 Å². The maximum atomic E-state index is 12.8. The minimum atomic E-state index is -0.580. The third-order valence-corrected chi connectivity index (χ3v) is 1.74. The lowest BCUT2D eigenvalue weighted by Gasteiger charge is -1.99. The fourth-order valence-corrected chi connectivity index (χ4v) is 0.989.